The quantitative estimate of drug-likeness (QED) is 0.457. The fourth-order valence-electron chi connectivity index (χ4n) is 1.82. The van der Waals surface area contributed by atoms with E-state index < -0.39 is 0 Å². The molecule has 0 spiro atoms. The van der Waals surface area contributed by atoms with Gasteiger partial charge in [-0.1, -0.05) is 25.1 Å². The van der Waals surface area contributed by atoms with Crippen molar-refractivity contribution >= 4 is 5.57 Å². The summed E-state index contributed by atoms with van der Waals surface area (Å²) in [4.78, 5) is 0. The molecule has 2 aliphatic carbocycles. The van der Waals surface area contributed by atoms with Crippen LogP contribution in [0.2, 0.25) is 0 Å². The summed E-state index contributed by atoms with van der Waals surface area (Å²) in [7, 11) is 0. The third-order valence-corrected chi connectivity index (χ3v) is 2.85. The second-order valence-corrected chi connectivity index (χ2v) is 4.92. The summed E-state index contributed by atoms with van der Waals surface area (Å²) in [5, 5.41) is 0. The summed E-state index contributed by atoms with van der Waals surface area (Å²) < 4.78 is 0. The van der Waals surface area contributed by atoms with Crippen LogP contribution in [0.5, 0.6) is 0 Å². The van der Waals surface area contributed by atoms with Gasteiger partial charge in [0.1, 0.15) is 0 Å². The minimum absolute atomic E-state index is 0. The predicted octanol–water partition coefficient (Wildman–Crippen LogP) is 5.71. The fourth-order valence-corrected chi connectivity index (χ4v) is 1.82. The van der Waals surface area contributed by atoms with E-state index in [9.17, 15) is 0 Å². The van der Waals surface area contributed by atoms with Crippen LogP contribution in [0.3, 0.4) is 0 Å². The van der Waals surface area contributed by atoms with Crippen LogP contribution < -0.4 is 0 Å². The van der Waals surface area contributed by atoms with Gasteiger partial charge in [-0.3, -0.25) is 0 Å². The summed E-state index contributed by atoms with van der Waals surface area (Å²) in [5.41, 5.74) is 3.25. The predicted molar refractivity (Wildman–Crippen MR) is 101 cm³/mol. The maximum Gasteiger partial charge on any atom is 2.00 e. The van der Waals surface area contributed by atoms with Gasteiger partial charge in [0.2, 0.25) is 0 Å². The van der Waals surface area contributed by atoms with E-state index in [1.165, 1.54) is 5.56 Å². The first kappa shape index (κ1) is 23.6. The summed E-state index contributed by atoms with van der Waals surface area (Å²) in [6, 6.07) is 10.2. The number of hydrogen-bond donors (Lipinski definition) is 0. The molecule has 24 heavy (non-hydrogen) atoms. The summed E-state index contributed by atoms with van der Waals surface area (Å²) in [6.07, 6.45) is 24.0. The monoisotopic (exact) mass is 390 g/mol. The Morgan fingerprint density at radius 2 is 1.21 bits per heavy atom. The third kappa shape index (κ3) is 12.0. The van der Waals surface area contributed by atoms with E-state index in [0.717, 1.165) is 17.6 Å². The SMILES string of the molecule is C=C(C)[C-]=C(C[CH2-])c1ccccc1.[CH]1[CH][CH][CH][CH]1.[CH]1[CH][CH][CH][CH]1.[Zr+2]. The van der Waals surface area contributed by atoms with Crippen LogP contribution in [0, 0.1) is 77.2 Å². The molecular weight excluding hydrogens is 367 g/mol. The zero-order valence-corrected chi connectivity index (χ0v) is 16.7. The Bertz CT molecular complexity index is 411. The van der Waals surface area contributed by atoms with Gasteiger partial charge in [0.15, 0.2) is 0 Å². The van der Waals surface area contributed by atoms with Gasteiger partial charge < -0.3 is 6.92 Å². The molecule has 0 aliphatic heterocycles. The third-order valence-electron chi connectivity index (χ3n) is 2.85. The minimum Gasteiger partial charge on any atom is -0.341 e. The number of benzene rings is 1. The number of allylic oxidation sites excluding steroid dienone is 3. The van der Waals surface area contributed by atoms with E-state index in [1.54, 1.807) is 0 Å². The van der Waals surface area contributed by atoms with Gasteiger partial charge in [0.25, 0.3) is 0 Å². The summed E-state index contributed by atoms with van der Waals surface area (Å²) in [5.74, 6) is 0. The van der Waals surface area contributed by atoms with Crippen LogP contribution in [-0.2, 0) is 26.2 Å². The molecule has 2 aliphatic rings. The summed E-state index contributed by atoms with van der Waals surface area (Å²) in [6.45, 7) is 9.63. The Hall–Kier alpha value is -0.417. The van der Waals surface area contributed by atoms with Crippen LogP contribution in [0.25, 0.3) is 5.57 Å². The Balaban J connectivity index is 0.000000393. The van der Waals surface area contributed by atoms with Crippen LogP contribution in [-0.4, -0.2) is 0 Å². The number of rotatable bonds is 3. The normalized spacial score (nSPS) is 16.2. The van der Waals surface area contributed by atoms with Crippen molar-refractivity contribution in [3.8, 4) is 0 Å². The fraction of sp³-hybridized carbons (Fsp3) is 0.0870. The van der Waals surface area contributed by atoms with E-state index in [-0.39, 0.29) is 26.2 Å². The average Bonchev–Trinajstić information content (AvgIpc) is 3.31. The number of hydrogen-bond acceptors (Lipinski definition) is 0. The molecule has 10 radical (unpaired) electrons. The van der Waals surface area contributed by atoms with Crippen molar-refractivity contribution in [1.29, 1.82) is 0 Å². The molecule has 0 nitrogen and oxygen atoms in total. The van der Waals surface area contributed by atoms with Crippen molar-refractivity contribution < 1.29 is 26.2 Å². The van der Waals surface area contributed by atoms with Crippen LogP contribution >= 0.6 is 0 Å². The van der Waals surface area contributed by atoms with Crippen molar-refractivity contribution in [2.24, 2.45) is 0 Å². The molecule has 2 saturated carbocycles. The van der Waals surface area contributed by atoms with Crippen molar-refractivity contribution in [2.45, 2.75) is 13.3 Å². The Kier molecular flexibility index (Phi) is 15.8. The molecule has 2 fully saturated rings. The van der Waals surface area contributed by atoms with Crippen molar-refractivity contribution in [3.05, 3.63) is 125 Å². The van der Waals surface area contributed by atoms with Gasteiger partial charge >= 0.3 is 26.2 Å². The van der Waals surface area contributed by atoms with Gasteiger partial charge in [-0.15, -0.1) is 17.7 Å². The first-order chi connectivity index (χ1) is 11.2. The van der Waals surface area contributed by atoms with E-state index in [2.05, 4.69) is 31.7 Å². The second-order valence-electron chi connectivity index (χ2n) is 4.92. The molecule has 0 unspecified atom stereocenters. The molecule has 0 bridgehead atoms. The molecule has 0 aromatic heterocycles. The van der Waals surface area contributed by atoms with Gasteiger partial charge in [-0.2, -0.15) is 30.2 Å². The molecule has 0 saturated heterocycles. The average molecular weight is 392 g/mol. The standard InChI is InChI=1S/C13H14.2C5H5.Zr/c1-4-12(10-11(2)3)13-8-6-5-7-9-13;2*1-2-4-5-3-1;/h5-9H,1-2,4H2,3H3;2*1-5H;/q-2;;;+2. The van der Waals surface area contributed by atoms with E-state index in [1.807, 2.05) is 89.3 Å². The van der Waals surface area contributed by atoms with Gasteiger partial charge in [-0.05, 0) is 64.2 Å². The van der Waals surface area contributed by atoms with E-state index in [0.29, 0.717) is 0 Å². The molecule has 1 aromatic carbocycles. The Morgan fingerprint density at radius 3 is 1.50 bits per heavy atom. The maximum atomic E-state index is 3.87. The topological polar surface area (TPSA) is 0 Å². The Labute approximate surface area is 170 Å². The molecule has 3 rings (SSSR count). The second kappa shape index (κ2) is 16.1. The zero-order chi connectivity index (χ0) is 16.8. The first-order valence-electron chi connectivity index (χ1n) is 7.70. The van der Waals surface area contributed by atoms with E-state index >= 15 is 0 Å². The van der Waals surface area contributed by atoms with Crippen LogP contribution in [0.1, 0.15) is 18.9 Å². The molecule has 1 aromatic rings. The molecule has 0 atom stereocenters. The minimum atomic E-state index is 0. The van der Waals surface area contributed by atoms with Crippen LogP contribution in [0.4, 0.5) is 0 Å². The molecule has 0 amide bonds. The largest absolute Gasteiger partial charge is 2.00 e. The summed E-state index contributed by atoms with van der Waals surface area (Å²) >= 11 is 0. The van der Waals surface area contributed by atoms with Crippen molar-refractivity contribution in [3.63, 3.8) is 0 Å². The molecule has 1 heteroatoms. The molecule has 120 valence electrons. The molecule has 0 heterocycles. The molecular formula is C23H24Zr. The van der Waals surface area contributed by atoms with Gasteiger partial charge in [0.05, 0.1) is 0 Å². The zero-order valence-electron chi connectivity index (χ0n) is 14.3. The molecule has 0 N–H and O–H groups in total. The van der Waals surface area contributed by atoms with Gasteiger partial charge in [0, 0.05) is 0 Å². The smallest absolute Gasteiger partial charge is 0.341 e. The Morgan fingerprint density at radius 1 is 0.833 bits per heavy atom. The van der Waals surface area contributed by atoms with Crippen molar-refractivity contribution in [2.75, 3.05) is 0 Å². The van der Waals surface area contributed by atoms with E-state index in [4.69, 9.17) is 0 Å². The van der Waals surface area contributed by atoms with Crippen molar-refractivity contribution in [1.82, 2.24) is 0 Å². The van der Waals surface area contributed by atoms with Gasteiger partial charge in [-0.25, -0.2) is 0 Å². The maximum absolute atomic E-state index is 3.87. The first-order valence-corrected chi connectivity index (χ1v) is 7.70. The van der Waals surface area contributed by atoms with Crippen LogP contribution in [0.15, 0.2) is 42.5 Å².